The van der Waals surface area contributed by atoms with Crippen LogP contribution in [0.3, 0.4) is 0 Å². The van der Waals surface area contributed by atoms with Crippen LogP contribution in [0, 0.1) is 5.92 Å². The van der Waals surface area contributed by atoms with E-state index in [1.165, 1.54) is 12.8 Å². The SMILES string of the molecule is Cl.NCCC1CCCN(Cc2nc(N)c3ccccc3n2)C1. The van der Waals surface area contributed by atoms with E-state index < -0.39 is 0 Å². The molecule has 5 nitrogen and oxygen atoms in total. The highest BCUT2D eigenvalue weighted by Crippen LogP contribution is 2.22. The van der Waals surface area contributed by atoms with Crippen molar-refractivity contribution in [3.8, 4) is 0 Å². The van der Waals surface area contributed by atoms with E-state index in [2.05, 4.69) is 14.9 Å². The van der Waals surface area contributed by atoms with Gasteiger partial charge in [0.1, 0.15) is 11.6 Å². The molecule has 22 heavy (non-hydrogen) atoms. The molecule has 1 aromatic heterocycles. The minimum atomic E-state index is 0. The number of fused-ring (bicyclic) bond motifs is 1. The van der Waals surface area contributed by atoms with E-state index in [1.54, 1.807) is 0 Å². The van der Waals surface area contributed by atoms with Crippen molar-refractivity contribution in [2.24, 2.45) is 11.7 Å². The maximum atomic E-state index is 6.05. The van der Waals surface area contributed by atoms with E-state index >= 15 is 0 Å². The van der Waals surface area contributed by atoms with Crippen molar-refractivity contribution in [3.05, 3.63) is 30.1 Å². The summed E-state index contributed by atoms with van der Waals surface area (Å²) in [6, 6.07) is 7.90. The second-order valence-electron chi connectivity index (χ2n) is 5.86. The van der Waals surface area contributed by atoms with Gasteiger partial charge in [-0.1, -0.05) is 12.1 Å². The first kappa shape index (κ1) is 16.9. The summed E-state index contributed by atoms with van der Waals surface area (Å²) < 4.78 is 0. The van der Waals surface area contributed by atoms with Gasteiger partial charge in [0.05, 0.1) is 12.1 Å². The van der Waals surface area contributed by atoms with Crippen LogP contribution >= 0.6 is 12.4 Å². The fourth-order valence-electron chi connectivity index (χ4n) is 3.19. The minimum absolute atomic E-state index is 0. The van der Waals surface area contributed by atoms with Gasteiger partial charge in [-0.05, 0) is 50.4 Å². The molecule has 1 atom stereocenters. The maximum Gasteiger partial charge on any atom is 0.145 e. The van der Waals surface area contributed by atoms with Gasteiger partial charge >= 0.3 is 0 Å². The molecule has 6 heteroatoms. The summed E-state index contributed by atoms with van der Waals surface area (Å²) in [5.74, 6) is 2.10. The van der Waals surface area contributed by atoms with Crippen molar-refractivity contribution in [2.45, 2.75) is 25.8 Å². The molecule has 1 aliphatic rings. The number of aromatic nitrogens is 2. The molecular formula is C16H24ClN5. The molecule has 0 aliphatic carbocycles. The number of rotatable bonds is 4. The highest BCUT2D eigenvalue weighted by Gasteiger charge is 2.20. The molecule has 1 aliphatic heterocycles. The van der Waals surface area contributed by atoms with Crippen molar-refractivity contribution in [2.75, 3.05) is 25.4 Å². The van der Waals surface area contributed by atoms with E-state index in [-0.39, 0.29) is 12.4 Å². The third-order valence-electron chi connectivity index (χ3n) is 4.22. The van der Waals surface area contributed by atoms with Gasteiger partial charge in [0.2, 0.25) is 0 Å². The summed E-state index contributed by atoms with van der Waals surface area (Å²) in [6.45, 7) is 3.75. The summed E-state index contributed by atoms with van der Waals surface area (Å²) in [5, 5.41) is 0.931. The Morgan fingerprint density at radius 2 is 2.05 bits per heavy atom. The zero-order valence-electron chi connectivity index (χ0n) is 12.7. The Morgan fingerprint density at radius 3 is 2.86 bits per heavy atom. The number of nitrogen functional groups attached to an aromatic ring is 1. The van der Waals surface area contributed by atoms with Crippen LogP contribution in [0.2, 0.25) is 0 Å². The van der Waals surface area contributed by atoms with Crippen molar-refractivity contribution < 1.29 is 0 Å². The number of benzene rings is 1. The van der Waals surface area contributed by atoms with Gasteiger partial charge in [-0.2, -0.15) is 0 Å². The van der Waals surface area contributed by atoms with Crippen LogP contribution in [0.15, 0.2) is 24.3 Å². The van der Waals surface area contributed by atoms with Gasteiger partial charge in [0.15, 0.2) is 0 Å². The molecule has 0 amide bonds. The van der Waals surface area contributed by atoms with Crippen molar-refractivity contribution in [3.63, 3.8) is 0 Å². The predicted octanol–water partition coefficient (Wildman–Crippen LogP) is 2.19. The molecule has 0 radical (unpaired) electrons. The molecule has 1 unspecified atom stereocenters. The van der Waals surface area contributed by atoms with Crippen LogP contribution in [0.1, 0.15) is 25.1 Å². The second kappa shape index (κ2) is 7.72. The number of anilines is 1. The van der Waals surface area contributed by atoms with Crippen LogP contribution in [0.25, 0.3) is 10.9 Å². The number of hydrogen-bond donors (Lipinski definition) is 2. The highest BCUT2D eigenvalue weighted by atomic mass is 35.5. The Morgan fingerprint density at radius 1 is 1.23 bits per heavy atom. The quantitative estimate of drug-likeness (QED) is 0.902. The number of para-hydroxylation sites is 1. The Bertz CT molecular complexity index is 617. The average molecular weight is 322 g/mol. The normalized spacial score (nSPS) is 19.0. The molecule has 0 saturated carbocycles. The molecular weight excluding hydrogens is 298 g/mol. The number of nitrogens with zero attached hydrogens (tertiary/aromatic N) is 3. The first-order valence-corrected chi connectivity index (χ1v) is 7.70. The van der Waals surface area contributed by atoms with Gasteiger partial charge in [0.25, 0.3) is 0 Å². The Labute approximate surface area is 137 Å². The standard InChI is InChI=1S/C16H23N5.ClH/c17-8-7-12-4-3-9-21(10-12)11-15-19-14-6-2-1-5-13(14)16(18)20-15;/h1-2,5-6,12H,3-4,7-11,17H2,(H2,18,19,20);1H. The van der Waals surface area contributed by atoms with Crippen molar-refractivity contribution in [1.29, 1.82) is 0 Å². The topological polar surface area (TPSA) is 81.1 Å². The third kappa shape index (κ3) is 3.85. The Hall–Kier alpha value is -1.43. The molecule has 1 saturated heterocycles. The van der Waals surface area contributed by atoms with Gasteiger partial charge in [0, 0.05) is 11.9 Å². The fourth-order valence-corrected chi connectivity index (χ4v) is 3.19. The van der Waals surface area contributed by atoms with Crippen molar-refractivity contribution >= 4 is 29.1 Å². The summed E-state index contributed by atoms with van der Waals surface area (Å²) in [4.78, 5) is 11.5. The van der Waals surface area contributed by atoms with Gasteiger partial charge < -0.3 is 11.5 Å². The van der Waals surface area contributed by atoms with Crippen LogP contribution in [0.5, 0.6) is 0 Å². The maximum absolute atomic E-state index is 6.05. The zero-order valence-corrected chi connectivity index (χ0v) is 13.6. The largest absolute Gasteiger partial charge is 0.383 e. The number of piperidine rings is 1. The first-order valence-electron chi connectivity index (χ1n) is 7.70. The summed E-state index contributed by atoms with van der Waals surface area (Å²) in [6.07, 6.45) is 3.62. The second-order valence-corrected chi connectivity index (χ2v) is 5.86. The molecule has 0 bridgehead atoms. The molecule has 0 spiro atoms. The molecule has 1 fully saturated rings. The van der Waals surface area contributed by atoms with E-state index in [1.807, 2.05) is 24.3 Å². The number of hydrogen-bond acceptors (Lipinski definition) is 5. The van der Waals surface area contributed by atoms with Gasteiger partial charge in [-0.3, -0.25) is 4.90 Å². The fraction of sp³-hybridized carbons (Fsp3) is 0.500. The lowest BCUT2D eigenvalue weighted by Gasteiger charge is -2.32. The number of halogens is 1. The minimum Gasteiger partial charge on any atom is -0.383 e. The molecule has 1 aromatic carbocycles. The molecule has 2 heterocycles. The molecule has 120 valence electrons. The Kier molecular flexibility index (Phi) is 5.94. The van der Waals surface area contributed by atoms with Crippen LogP contribution < -0.4 is 11.5 Å². The van der Waals surface area contributed by atoms with Crippen LogP contribution in [0.4, 0.5) is 5.82 Å². The Balaban J connectivity index is 0.00000176. The van der Waals surface area contributed by atoms with Crippen LogP contribution in [-0.4, -0.2) is 34.5 Å². The van der Waals surface area contributed by atoms with E-state index in [0.29, 0.717) is 11.7 Å². The number of likely N-dealkylation sites (tertiary alicyclic amines) is 1. The lowest BCUT2D eigenvalue weighted by atomic mass is 9.95. The molecule has 3 rings (SSSR count). The van der Waals surface area contributed by atoms with Crippen LogP contribution in [-0.2, 0) is 6.54 Å². The predicted molar refractivity (Wildman–Crippen MR) is 92.9 cm³/mol. The highest BCUT2D eigenvalue weighted by molar-refractivity contribution is 5.87. The number of nitrogens with two attached hydrogens (primary N) is 2. The van der Waals surface area contributed by atoms with Gasteiger partial charge in [-0.15, -0.1) is 12.4 Å². The summed E-state index contributed by atoms with van der Waals surface area (Å²) >= 11 is 0. The molecule has 4 N–H and O–H groups in total. The first-order chi connectivity index (χ1) is 10.3. The van der Waals surface area contributed by atoms with Crippen molar-refractivity contribution in [1.82, 2.24) is 14.9 Å². The van der Waals surface area contributed by atoms with E-state index in [4.69, 9.17) is 11.5 Å². The molecule has 2 aromatic rings. The third-order valence-corrected chi connectivity index (χ3v) is 4.22. The summed E-state index contributed by atoms with van der Waals surface area (Å²) in [5.41, 5.74) is 12.7. The monoisotopic (exact) mass is 321 g/mol. The summed E-state index contributed by atoms with van der Waals surface area (Å²) in [7, 11) is 0. The lowest BCUT2D eigenvalue weighted by Crippen LogP contribution is -2.36. The van der Waals surface area contributed by atoms with Gasteiger partial charge in [-0.25, -0.2) is 9.97 Å². The van der Waals surface area contributed by atoms with E-state index in [9.17, 15) is 0 Å². The smallest absolute Gasteiger partial charge is 0.145 e. The average Bonchev–Trinajstić information content (AvgIpc) is 2.48. The lowest BCUT2D eigenvalue weighted by molar-refractivity contribution is 0.160. The zero-order chi connectivity index (χ0) is 14.7. The van der Waals surface area contributed by atoms with E-state index in [0.717, 1.165) is 49.3 Å².